The minimum Gasteiger partial charge on any atom is -0.356 e. The Balaban J connectivity index is 3.78. The third-order valence-corrected chi connectivity index (χ3v) is 4.35. The molecule has 0 aromatic heterocycles. The first-order chi connectivity index (χ1) is 16.0. The molecule has 0 saturated carbocycles. The van der Waals surface area contributed by atoms with Crippen LogP contribution in [-0.4, -0.2) is 68.0 Å². The first kappa shape index (κ1) is 30.8. The highest BCUT2D eigenvalue weighted by molar-refractivity contribution is 5.98. The molecule has 34 heavy (non-hydrogen) atoms. The average molecular weight is 482 g/mol. The summed E-state index contributed by atoms with van der Waals surface area (Å²) >= 11 is 0. The van der Waals surface area contributed by atoms with Crippen molar-refractivity contribution in [1.29, 1.82) is 0 Å². The molecule has 0 aromatic carbocycles. The summed E-state index contributed by atoms with van der Waals surface area (Å²) in [7, 11) is 0. The molecule has 5 amide bonds. The van der Waals surface area contributed by atoms with Crippen molar-refractivity contribution >= 4 is 35.3 Å². The summed E-state index contributed by atoms with van der Waals surface area (Å²) in [4.78, 5) is 69.8. The number of amides is 5. The first-order valence-electron chi connectivity index (χ1n) is 11.6. The number of allylic oxidation sites excluding steroid dienone is 1. The van der Waals surface area contributed by atoms with Gasteiger partial charge in [0.1, 0.15) is 0 Å². The van der Waals surface area contributed by atoms with Gasteiger partial charge in [0.2, 0.25) is 29.5 Å². The van der Waals surface area contributed by atoms with E-state index in [2.05, 4.69) is 26.6 Å². The topological polar surface area (TPSA) is 163 Å². The number of rotatable bonds is 17. The molecule has 0 aliphatic heterocycles. The fourth-order valence-electron chi connectivity index (χ4n) is 2.33. The van der Waals surface area contributed by atoms with Gasteiger partial charge in [-0.25, -0.2) is 0 Å². The van der Waals surface area contributed by atoms with Crippen LogP contribution in [0.1, 0.15) is 53.4 Å². The van der Waals surface area contributed by atoms with Crippen molar-refractivity contribution in [3.63, 3.8) is 0 Å². The minimum absolute atomic E-state index is 0.0367. The predicted octanol–water partition coefficient (Wildman–Crippen LogP) is -0.435. The van der Waals surface area contributed by atoms with Crippen molar-refractivity contribution in [3.8, 4) is 0 Å². The molecule has 0 heterocycles. The molecule has 0 spiro atoms. The fraction of sp³-hybridized carbons (Fsp3) is 0.652. The maximum absolute atomic E-state index is 11.8. The van der Waals surface area contributed by atoms with Crippen LogP contribution < -0.4 is 26.6 Å². The Kier molecular flexibility index (Phi) is 16.5. The molecular formula is C23H39N5O6. The van der Waals surface area contributed by atoms with Crippen molar-refractivity contribution in [3.05, 3.63) is 12.2 Å². The number of hydrogen-bond donors (Lipinski definition) is 5. The van der Waals surface area contributed by atoms with Crippen LogP contribution in [0.5, 0.6) is 0 Å². The standard InChI is InChI=1S/C23H39N5O6/c1-16(2)15-28-23(34)10-14-27-22(33)9-13-26-21(32)8-12-25-20(31)7-11-24-19(30)6-5-18(29)17(3)4/h5-6,16-17H,7-15H2,1-4H3,(H,24,30)(H,25,31)(H,26,32)(H,27,33)(H,28,34)/b6-5+. The molecular weight excluding hydrogens is 442 g/mol. The summed E-state index contributed by atoms with van der Waals surface area (Å²) in [6.07, 6.45) is 2.71. The third kappa shape index (κ3) is 18.3. The second kappa shape index (κ2) is 18.2. The molecule has 0 aliphatic rings. The second-order valence-corrected chi connectivity index (χ2v) is 8.43. The maximum Gasteiger partial charge on any atom is 0.244 e. The zero-order chi connectivity index (χ0) is 25.9. The zero-order valence-electron chi connectivity index (χ0n) is 20.6. The van der Waals surface area contributed by atoms with Gasteiger partial charge in [-0.2, -0.15) is 0 Å². The largest absolute Gasteiger partial charge is 0.356 e. The van der Waals surface area contributed by atoms with E-state index < -0.39 is 5.91 Å². The fourth-order valence-corrected chi connectivity index (χ4v) is 2.33. The van der Waals surface area contributed by atoms with Gasteiger partial charge >= 0.3 is 0 Å². The highest BCUT2D eigenvalue weighted by Crippen LogP contribution is 1.95. The molecule has 11 nitrogen and oxygen atoms in total. The molecule has 0 fully saturated rings. The van der Waals surface area contributed by atoms with Crippen LogP contribution in [-0.2, 0) is 28.8 Å². The Labute approximate surface area is 201 Å². The minimum atomic E-state index is -0.459. The lowest BCUT2D eigenvalue weighted by Crippen LogP contribution is -2.35. The van der Waals surface area contributed by atoms with E-state index in [9.17, 15) is 28.8 Å². The van der Waals surface area contributed by atoms with E-state index in [4.69, 9.17) is 0 Å². The Hall–Kier alpha value is -3.24. The van der Waals surface area contributed by atoms with E-state index >= 15 is 0 Å². The van der Waals surface area contributed by atoms with Crippen LogP contribution in [0.15, 0.2) is 12.2 Å². The molecule has 0 aromatic rings. The second-order valence-electron chi connectivity index (χ2n) is 8.43. The highest BCUT2D eigenvalue weighted by atomic mass is 16.2. The number of ketones is 1. The van der Waals surface area contributed by atoms with E-state index in [1.165, 1.54) is 6.08 Å². The quantitative estimate of drug-likeness (QED) is 0.177. The van der Waals surface area contributed by atoms with Gasteiger partial charge in [0.05, 0.1) is 0 Å². The van der Waals surface area contributed by atoms with Crippen molar-refractivity contribution in [2.24, 2.45) is 11.8 Å². The smallest absolute Gasteiger partial charge is 0.244 e. The van der Waals surface area contributed by atoms with E-state index in [-0.39, 0.29) is 87.2 Å². The van der Waals surface area contributed by atoms with Gasteiger partial charge in [-0.3, -0.25) is 28.8 Å². The summed E-state index contributed by atoms with van der Waals surface area (Å²) in [6.45, 7) is 8.64. The SMILES string of the molecule is CC(C)CNC(=O)CCNC(=O)CCNC(=O)CCNC(=O)CCNC(=O)/C=C/C(=O)C(C)C. The number of carbonyl (C=O) groups is 6. The summed E-state index contributed by atoms with van der Waals surface area (Å²) in [5, 5.41) is 13.0. The van der Waals surface area contributed by atoms with Crippen LogP contribution in [0.25, 0.3) is 0 Å². The lowest BCUT2D eigenvalue weighted by molar-refractivity contribution is -0.123. The van der Waals surface area contributed by atoms with E-state index in [1.807, 2.05) is 13.8 Å². The molecule has 0 atom stereocenters. The van der Waals surface area contributed by atoms with Gasteiger partial charge in [-0.1, -0.05) is 27.7 Å². The Morgan fingerprint density at radius 3 is 1.32 bits per heavy atom. The van der Waals surface area contributed by atoms with Crippen molar-refractivity contribution < 1.29 is 28.8 Å². The zero-order valence-corrected chi connectivity index (χ0v) is 20.6. The van der Waals surface area contributed by atoms with Crippen LogP contribution in [0.2, 0.25) is 0 Å². The van der Waals surface area contributed by atoms with Gasteiger partial charge in [0.15, 0.2) is 5.78 Å². The summed E-state index contributed by atoms with van der Waals surface area (Å²) in [5.41, 5.74) is 0. The number of hydrogen-bond acceptors (Lipinski definition) is 6. The van der Waals surface area contributed by atoms with Crippen LogP contribution in [0, 0.1) is 11.8 Å². The van der Waals surface area contributed by atoms with Crippen molar-refractivity contribution in [2.75, 3.05) is 32.7 Å². The first-order valence-corrected chi connectivity index (χ1v) is 11.6. The van der Waals surface area contributed by atoms with E-state index in [0.717, 1.165) is 6.08 Å². The predicted molar refractivity (Wildman–Crippen MR) is 127 cm³/mol. The molecule has 0 unspecified atom stereocenters. The van der Waals surface area contributed by atoms with Crippen LogP contribution in [0.3, 0.4) is 0 Å². The number of carbonyl (C=O) groups excluding carboxylic acids is 6. The average Bonchev–Trinajstić information content (AvgIpc) is 2.75. The molecule has 0 rings (SSSR count). The maximum atomic E-state index is 11.8. The molecule has 192 valence electrons. The van der Waals surface area contributed by atoms with Gasteiger partial charge in [-0.15, -0.1) is 0 Å². The lowest BCUT2D eigenvalue weighted by Gasteiger charge is -2.09. The van der Waals surface area contributed by atoms with Crippen LogP contribution in [0.4, 0.5) is 0 Å². The molecule has 0 bridgehead atoms. The molecule has 0 saturated heterocycles. The van der Waals surface area contributed by atoms with Gasteiger partial charge in [-0.05, 0) is 12.0 Å². The Morgan fingerprint density at radius 1 is 0.559 bits per heavy atom. The summed E-state index contributed by atoms with van der Waals surface area (Å²) < 4.78 is 0. The van der Waals surface area contributed by atoms with Crippen molar-refractivity contribution in [2.45, 2.75) is 53.4 Å². The van der Waals surface area contributed by atoms with Crippen molar-refractivity contribution in [1.82, 2.24) is 26.6 Å². The monoisotopic (exact) mass is 481 g/mol. The Morgan fingerprint density at radius 2 is 0.941 bits per heavy atom. The normalized spacial score (nSPS) is 10.8. The summed E-state index contributed by atoms with van der Waals surface area (Å²) in [5.74, 6) is -1.48. The number of nitrogens with one attached hydrogen (secondary N) is 5. The van der Waals surface area contributed by atoms with Crippen LogP contribution >= 0.6 is 0 Å². The molecule has 11 heteroatoms. The third-order valence-electron chi connectivity index (χ3n) is 4.35. The summed E-state index contributed by atoms with van der Waals surface area (Å²) in [6, 6.07) is 0. The molecule has 0 radical (unpaired) electrons. The van der Waals surface area contributed by atoms with Gasteiger partial charge < -0.3 is 26.6 Å². The van der Waals surface area contributed by atoms with E-state index in [1.54, 1.807) is 13.8 Å². The Bertz CT molecular complexity index is 733. The lowest BCUT2D eigenvalue weighted by atomic mass is 10.1. The van der Waals surface area contributed by atoms with Gasteiger partial charge in [0, 0.05) is 70.4 Å². The van der Waals surface area contributed by atoms with E-state index in [0.29, 0.717) is 12.5 Å². The highest BCUT2D eigenvalue weighted by Gasteiger charge is 2.08. The molecule has 0 aliphatic carbocycles. The molecule has 5 N–H and O–H groups in total. The van der Waals surface area contributed by atoms with Gasteiger partial charge in [0.25, 0.3) is 0 Å².